The molecule has 2 heterocycles. The molecular formula is C8H9N3. The number of aromatic nitrogens is 3. The van der Waals surface area contributed by atoms with Gasteiger partial charge in [0.25, 0.3) is 0 Å². The molecule has 3 heteroatoms. The van der Waals surface area contributed by atoms with Crippen LogP contribution in [0.4, 0.5) is 0 Å². The van der Waals surface area contributed by atoms with E-state index in [2.05, 4.69) is 15.0 Å². The Balaban J connectivity index is 2.90. The van der Waals surface area contributed by atoms with Gasteiger partial charge in [0.15, 0.2) is 5.65 Å². The fourth-order valence-electron chi connectivity index (χ4n) is 1.15. The summed E-state index contributed by atoms with van der Waals surface area (Å²) in [6.07, 6.45) is 1.78. The van der Waals surface area contributed by atoms with Crippen LogP contribution in [0.1, 0.15) is 11.4 Å². The first-order chi connectivity index (χ1) is 5.27. The van der Waals surface area contributed by atoms with E-state index in [1.165, 1.54) is 5.56 Å². The summed E-state index contributed by atoms with van der Waals surface area (Å²) in [4.78, 5) is 11.5. The second-order valence-electron chi connectivity index (χ2n) is 2.65. The van der Waals surface area contributed by atoms with E-state index in [0.29, 0.717) is 0 Å². The number of rotatable bonds is 0. The number of hydrogen-bond acceptors (Lipinski definition) is 2. The van der Waals surface area contributed by atoms with Crippen molar-refractivity contribution in [3.63, 3.8) is 0 Å². The van der Waals surface area contributed by atoms with E-state index < -0.39 is 0 Å². The van der Waals surface area contributed by atoms with E-state index in [1.807, 2.05) is 19.9 Å². The Morgan fingerprint density at radius 3 is 2.91 bits per heavy atom. The Kier molecular flexibility index (Phi) is 1.18. The second kappa shape index (κ2) is 2.05. The maximum Gasteiger partial charge on any atom is 0.177 e. The van der Waals surface area contributed by atoms with Crippen LogP contribution in [0.25, 0.3) is 11.2 Å². The predicted molar refractivity (Wildman–Crippen MR) is 43.4 cm³/mol. The van der Waals surface area contributed by atoms with Crippen LogP contribution in [-0.4, -0.2) is 15.0 Å². The van der Waals surface area contributed by atoms with Crippen molar-refractivity contribution in [2.45, 2.75) is 13.8 Å². The van der Waals surface area contributed by atoms with E-state index in [4.69, 9.17) is 0 Å². The van der Waals surface area contributed by atoms with E-state index in [-0.39, 0.29) is 0 Å². The van der Waals surface area contributed by atoms with Crippen molar-refractivity contribution in [3.8, 4) is 0 Å². The van der Waals surface area contributed by atoms with Crippen LogP contribution in [0.15, 0.2) is 12.3 Å². The van der Waals surface area contributed by atoms with Crippen molar-refractivity contribution in [1.29, 1.82) is 0 Å². The first-order valence-corrected chi connectivity index (χ1v) is 3.55. The highest BCUT2D eigenvalue weighted by atomic mass is 15.0. The Morgan fingerprint density at radius 1 is 1.36 bits per heavy atom. The van der Waals surface area contributed by atoms with Crippen LogP contribution in [-0.2, 0) is 0 Å². The molecule has 0 saturated heterocycles. The van der Waals surface area contributed by atoms with Gasteiger partial charge in [-0.3, -0.25) is 0 Å². The molecular weight excluding hydrogens is 138 g/mol. The summed E-state index contributed by atoms with van der Waals surface area (Å²) in [6.45, 7) is 3.97. The minimum absolute atomic E-state index is 0.808. The molecule has 0 atom stereocenters. The van der Waals surface area contributed by atoms with Gasteiger partial charge < -0.3 is 4.98 Å². The highest BCUT2D eigenvalue weighted by Gasteiger charge is 2.00. The maximum absolute atomic E-state index is 4.21. The number of nitrogens with zero attached hydrogens (tertiary/aromatic N) is 2. The van der Waals surface area contributed by atoms with Gasteiger partial charge in [0.2, 0.25) is 0 Å². The van der Waals surface area contributed by atoms with Crippen LogP contribution in [0.2, 0.25) is 0 Å². The first-order valence-electron chi connectivity index (χ1n) is 3.55. The highest BCUT2D eigenvalue weighted by molar-refractivity contribution is 5.73. The normalized spacial score (nSPS) is 10.7. The third-order valence-electron chi connectivity index (χ3n) is 1.72. The van der Waals surface area contributed by atoms with Crippen molar-refractivity contribution < 1.29 is 0 Å². The number of aryl methyl sites for hydroxylation is 2. The Morgan fingerprint density at radius 2 is 2.18 bits per heavy atom. The smallest absolute Gasteiger partial charge is 0.177 e. The van der Waals surface area contributed by atoms with Gasteiger partial charge in [0.05, 0.1) is 5.52 Å². The van der Waals surface area contributed by atoms with Gasteiger partial charge in [0, 0.05) is 6.20 Å². The standard InChI is InChI=1S/C8H9N3/c1-5-3-4-9-8-7(5)10-6(2)11-8/h3-4H,1-2H3,(H,9,10,11). The minimum atomic E-state index is 0.808. The topological polar surface area (TPSA) is 41.6 Å². The molecule has 0 aliphatic heterocycles. The van der Waals surface area contributed by atoms with Gasteiger partial charge in [-0.25, -0.2) is 9.97 Å². The molecule has 2 aromatic rings. The zero-order chi connectivity index (χ0) is 7.84. The molecule has 11 heavy (non-hydrogen) atoms. The molecule has 0 saturated carbocycles. The quantitative estimate of drug-likeness (QED) is 0.614. The molecule has 0 aromatic carbocycles. The summed E-state index contributed by atoms with van der Waals surface area (Å²) >= 11 is 0. The van der Waals surface area contributed by atoms with Crippen molar-refractivity contribution in [2.24, 2.45) is 0 Å². The molecule has 2 aromatic heterocycles. The number of nitrogens with one attached hydrogen (secondary N) is 1. The van der Waals surface area contributed by atoms with E-state index in [9.17, 15) is 0 Å². The van der Waals surface area contributed by atoms with Crippen LogP contribution < -0.4 is 0 Å². The number of imidazole rings is 1. The molecule has 0 bridgehead atoms. The Bertz CT molecular complexity index is 389. The van der Waals surface area contributed by atoms with Gasteiger partial charge in [-0.05, 0) is 25.5 Å². The summed E-state index contributed by atoms with van der Waals surface area (Å²) in [5, 5.41) is 0. The molecule has 0 aliphatic rings. The molecule has 2 rings (SSSR count). The van der Waals surface area contributed by atoms with Crippen LogP contribution >= 0.6 is 0 Å². The van der Waals surface area contributed by atoms with Gasteiger partial charge >= 0.3 is 0 Å². The van der Waals surface area contributed by atoms with Crippen molar-refractivity contribution in [1.82, 2.24) is 15.0 Å². The number of hydrogen-bond donors (Lipinski definition) is 1. The van der Waals surface area contributed by atoms with Gasteiger partial charge in [-0.1, -0.05) is 0 Å². The second-order valence-corrected chi connectivity index (χ2v) is 2.65. The van der Waals surface area contributed by atoms with Crippen LogP contribution in [0, 0.1) is 13.8 Å². The molecule has 0 aliphatic carbocycles. The molecule has 1 N–H and O–H groups in total. The van der Waals surface area contributed by atoms with Crippen molar-refractivity contribution in [3.05, 3.63) is 23.7 Å². The molecule has 0 unspecified atom stereocenters. The van der Waals surface area contributed by atoms with Crippen molar-refractivity contribution in [2.75, 3.05) is 0 Å². The summed E-state index contributed by atoms with van der Waals surface area (Å²) in [7, 11) is 0. The predicted octanol–water partition coefficient (Wildman–Crippen LogP) is 1.57. The van der Waals surface area contributed by atoms with Crippen LogP contribution in [0.5, 0.6) is 0 Å². The number of H-pyrrole nitrogens is 1. The molecule has 0 radical (unpaired) electrons. The average molecular weight is 147 g/mol. The van der Waals surface area contributed by atoms with Crippen molar-refractivity contribution >= 4 is 11.2 Å². The molecule has 0 fully saturated rings. The zero-order valence-corrected chi connectivity index (χ0v) is 6.55. The van der Waals surface area contributed by atoms with Gasteiger partial charge in [-0.15, -0.1) is 0 Å². The number of aromatic amines is 1. The monoisotopic (exact) mass is 147 g/mol. The largest absolute Gasteiger partial charge is 0.341 e. The number of fused-ring (bicyclic) bond motifs is 1. The Labute approximate surface area is 64.5 Å². The van der Waals surface area contributed by atoms with E-state index >= 15 is 0 Å². The Hall–Kier alpha value is -1.38. The fraction of sp³-hybridized carbons (Fsp3) is 0.250. The third-order valence-corrected chi connectivity index (χ3v) is 1.72. The summed E-state index contributed by atoms with van der Waals surface area (Å²) in [6, 6.07) is 1.97. The fourth-order valence-corrected chi connectivity index (χ4v) is 1.15. The maximum atomic E-state index is 4.21. The minimum Gasteiger partial charge on any atom is -0.341 e. The average Bonchev–Trinajstić information content (AvgIpc) is 2.31. The lowest BCUT2D eigenvalue weighted by Gasteiger charge is -1.90. The summed E-state index contributed by atoms with van der Waals surface area (Å²) in [5.41, 5.74) is 3.04. The molecule has 56 valence electrons. The van der Waals surface area contributed by atoms with E-state index in [0.717, 1.165) is 17.0 Å². The lowest BCUT2D eigenvalue weighted by atomic mass is 10.3. The summed E-state index contributed by atoms with van der Waals surface area (Å²) < 4.78 is 0. The first kappa shape index (κ1) is 6.34. The third kappa shape index (κ3) is 0.888. The van der Waals surface area contributed by atoms with E-state index in [1.54, 1.807) is 6.20 Å². The summed E-state index contributed by atoms with van der Waals surface area (Å²) in [5.74, 6) is 0.918. The lowest BCUT2D eigenvalue weighted by molar-refractivity contribution is 1.16. The lowest BCUT2D eigenvalue weighted by Crippen LogP contribution is -1.78. The number of pyridine rings is 1. The van der Waals surface area contributed by atoms with Crippen LogP contribution in [0.3, 0.4) is 0 Å². The molecule has 3 nitrogen and oxygen atoms in total. The SMILES string of the molecule is Cc1nc2nccc(C)c2[nH]1. The molecule has 0 amide bonds. The van der Waals surface area contributed by atoms with Gasteiger partial charge in [0.1, 0.15) is 5.82 Å². The zero-order valence-electron chi connectivity index (χ0n) is 6.55. The highest BCUT2D eigenvalue weighted by Crippen LogP contribution is 2.11. The van der Waals surface area contributed by atoms with Gasteiger partial charge in [-0.2, -0.15) is 0 Å². The molecule has 0 spiro atoms.